The molecular formula is C10H16O. The molecule has 2 saturated carbocycles. The van der Waals surface area contributed by atoms with Crippen LogP contribution in [0.4, 0.5) is 0 Å². The molecule has 0 unspecified atom stereocenters. The molecule has 0 amide bonds. The van der Waals surface area contributed by atoms with Crippen molar-refractivity contribution in [3.63, 3.8) is 0 Å². The van der Waals surface area contributed by atoms with Crippen molar-refractivity contribution in [2.75, 3.05) is 0 Å². The number of Topliss-reactive ketones (excluding diaryl/α,β-unsaturated/α-hetero) is 1. The van der Waals surface area contributed by atoms with E-state index in [0.29, 0.717) is 17.1 Å². The summed E-state index contributed by atoms with van der Waals surface area (Å²) < 4.78 is 0. The molecule has 0 radical (unpaired) electrons. The normalized spacial score (nSPS) is 43.0. The van der Waals surface area contributed by atoms with Crippen molar-refractivity contribution in [3.8, 4) is 0 Å². The van der Waals surface area contributed by atoms with Gasteiger partial charge in [-0.1, -0.05) is 6.92 Å². The van der Waals surface area contributed by atoms with Crippen molar-refractivity contribution in [3.05, 3.63) is 0 Å². The predicted octanol–water partition coefficient (Wildman–Crippen LogP) is 2.55. The summed E-state index contributed by atoms with van der Waals surface area (Å²) in [6.07, 6.45) is 7.07. The first-order chi connectivity index (χ1) is 5.28. The highest BCUT2D eigenvalue weighted by atomic mass is 16.1. The van der Waals surface area contributed by atoms with Gasteiger partial charge in [0.2, 0.25) is 0 Å². The lowest BCUT2D eigenvalue weighted by Crippen LogP contribution is -2.47. The van der Waals surface area contributed by atoms with Crippen LogP contribution in [-0.2, 0) is 4.79 Å². The Kier molecular flexibility index (Phi) is 1.55. The molecule has 2 rings (SSSR count). The van der Waals surface area contributed by atoms with Gasteiger partial charge in [-0.25, -0.2) is 0 Å². The van der Waals surface area contributed by atoms with Gasteiger partial charge in [0.15, 0.2) is 0 Å². The van der Waals surface area contributed by atoms with Gasteiger partial charge in [-0.2, -0.15) is 0 Å². The Bertz CT molecular complexity index is 181. The van der Waals surface area contributed by atoms with Crippen LogP contribution < -0.4 is 0 Å². The van der Waals surface area contributed by atoms with Crippen LogP contribution in [-0.4, -0.2) is 5.78 Å². The van der Waals surface area contributed by atoms with E-state index in [1.807, 2.05) is 0 Å². The second kappa shape index (κ2) is 2.33. The molecule has 0 heterocycles. The van der Waals surface area contributed by atoms with Crippen LogP contribution in [0.2, 0.25) is 0 Å². The summed E-state index contributed by atoms with van der Waals surface area (Å²) in [5.74, 6) is 1.03. The molecule has 0 N–H and O–H groups in total. The quantitative estimate of drug-likeness (QED) is 0.564. The average Bonchev–Trinajstić information content (AvgIpc) is 1.94. The highest BCUT2D eigenvalue weighted by molar-refractivity contribution is 5.83. The van der Waals surface area contributed by atoms with E-state index < -0.39 is 0 Å². The lowest BCUT2D eigenvalue weighted by Gasteiger charge is -2.51. The number of carbonyl (C=O) groups excluding carboxylic acids is 1. The van der Waals surface area contributed by atoms with E-state index in [4.69, 9.17) is 0 Å². The van der Waals surface area contributed by atoms with E-state index >= 15 is 0 Å². The second-order valence-electron chi connectivity index (χ2n) is 4.13. The lowest BCUT2D eigenvalue weighted by atomic mass is 9.52. The van der Waals surface area contributed by atoms with Crippen LogP contribution in [0.25, 0.3) is 0 Å². The zero-order valence-electron chi connectivity index (χ0n) is 7.23. The Labute approximate surface area is 68.2 Å². The predicted molar refractivity (Wildman–Crippen MR) is 44.3 cm³/mol. The summed E-state index contributed by atoms with van der Waals surface area (Å²) in [7, 11) is 0. The fourth-order valence-electron chi connectivity index (χ4n) is 2.89. The molecule has 0 aromatic rings. The maximum atomic E-state index is 11.4. The Morgan fingerprint density at radius 1 is 1.55 bits per heavy atom. The van der Waals surface area contributed by atoms with E-state index in [1.54, 1.807) is 0 Å². The third-order valence-corrected chi connectivity index (χ3v) is 3.86. The lowest BCUT2D eigenvalue weighted by molar-refractivity contribution is -0.139. The van der Waals surface area contributed by atoms with Gasteiger partial charge in [0.25, 0.3) is 0 Å². The van der Waals surface area contributed by atoms with Gasteiger partial charge in [0, 0.05) is 12.3 Å². The second-order valence-corrected chi connectivity index (χ2v) is 4.13. The first-order valence-corrected chi connectivity index (χ1v) is 4.81. The van der Waals surface area contributed by atoms with Crippen LogP contribution in [0.15, 0.2) is 0 Å². The van der Waals surface area contributed by atoms with Gasteiger partial charge in [-0.3, -0.25) is 4.79 Å². The van der Waals surface area contributed by atoms with E-state index in [-0.39, 0.29) is 0 Å². The van der Waals surface area contributed by atoms with Crippen LogP contribution in [0.1, 0.15) is 45.4 Å². The molecule has 1 heteroatoms. The molecule has 2 aliphatic carbocycles. The van der Waals surface area contributed by atoms with Gasteiger partial charge in [-0.15, -0.1) is 0 Å². The van der Waals surface area contributed by atoms with E-state index in [9.17, 15) is 4.79 Å². The maximum Gasteiger partial charge on any atom is 0.136 e. The third kappa shape index (κ3) is 0.863. The van der Waals surface area contributed by atoms with Gasteiger partial charge in [0.05, 0.1) is 0 Å². The third-order valence-electron chi connectivity index (χ3n) is 3.86. The molecule has 11 heavy (non-hydrogen) atoms. The molecule has 0 aromatic carbocycles. The Morgan fingerprint density at radius 3 is 2.82 bits per heavy atom. The average molecular weight is 152 g/mol. The summed E-state index contributed by atoms with van der Waals surface area (Å²) in [4.78, 5) is 11.4. The first-order valence-electron chi connectivity index (χ1n) is 4.81. The number of rotatable bonds is 1. The Morgan fingerprint density at radius 2 is 2.36 bits per heavy atom. The summed E-state index contributed by atoms with van der Waals surface area (Å²) in [6.45, 7) is 2.24. The van der Waals surface area contributed by atoms with Gasteiger partial charge < -0.3 is 0 Å². The Balaban J connectivity index is 2.15. The number of carbonyl (C=O) groups is 1. The van der Waals surface area contributed by atoms with Gasteiger partial charge in [-0.05, 0) is 37.5 Å². The zero-order valence-corrected chi connectivity index (χ0v) is 7.23. The highest BCUT2D eigenvalue weighted by Crippen LogP contribution is 2.55. The van der Waals surface area contributed by atoms with Crippen LogP contribution in [0.5, 0.6) is 0 Å². The smallest absolute Gasteiger partial charge is 0.136 e. The van der Waals surface area contributed by atoms with Gasteiger partial charge >= 0.3 is 0 Å². The molecule has 1 nitrogen and oxygen atoms in total. The van der Waals surface area contributed by atoms with Crippen molar-refractivity contribution >= 4 is 5.78 Å². The van der Waals surface area contributed by atoms with Crippen LogP contribution in [0, 0.1) is 11.3 Å². The fourth-order valence-corrected chi connectivity index (χ4v) is 2.89. The van der Waals surface area contributed by atoms with Crippen molar-refractivity contribution < 1.29 is 4.79 Å². The number of hydrogen-bond donors (Lipinski definition) is 0. The summed E-state index contributed by atoms with van der Waals surface area (Å²) in [5.41, 5.74) is 0.481. The summed E-state index contributed by atoms with van der Waals surface area (Å²) in [5, 5.41) is 0. The standard InChI is InChI=1S/C10H16O/c1-2-10-6-3-4-9(11)8(10)5-7-10/h8H,2-7H2,1H3/t8-,10-/m1/s1. The first kappa shape index (κ1) is 7.33. The molecule has 0 spiro atoms. The van der Waals surface area contributed by atoms with Crippen molar-refractivity contribution in [1.82, 2.24) is 0 Å². The number of fused-ring (bicyclic) bond motifs is 1. The topological polar surface area (TPSA) is 17.1 Å². The fraction of sp³-hybridized carbons (Fsp3) is 0.900. The van der Waals surface area contributed by atoms with E-state index in [0.717, 1.165) is 12.8 Å². The summed E-state index contributed by atoms with van der Waals surface area (Å²) >= 11 is 0. The van der Waals surface area contributed by atoms with Crippen LogP contribution in [0.3, 0.4) is 0 Å². The van der Waals surface area contributed by atoms with E-state index in [2.05, 4.69) is 6.92 Å². The largest absolute Gasteiger partial charge is 0.299 e. The minimum absolute atomic E-state index is 0.473. The van der Waals surface area contributed by atoms with Crippen molar-refractivity contribution in [2.45, 2.75) is 45.4 Å². The molecule has 62 valence electrons. The minimum atomic E-state index is 0.473. The molecule has 0 aromatic heterocycles. The van der Waals surface area contributed by atoms with Crippen molar-refractivity contribution in [1.29, 1.82) is 0 Å². The molecule has 2 fully saturated rings. The molecule has 0 saturated heterocycles. The van der Waals surface area contributed by atoms with Crippen LogP contribution >= 0.6 is 0 Å². The molecule has 0 bridgehead atoms. The number of ketones is 1. The van der Waals surface area contributed by atoms with Crippen molar-refractivity contribution in [2.24, 2.45) is 11.3 Å². The molecule has 2 atom stereocenters. The van der Waals surface area contributed by atoms with Gasteiger partial charge in [0.1, 0.15) is 5.78 Å². The molecule has 2 aliphatic rings. The zero-order chi connectivity index (χ0) is 7.90. The SMILES string of the molecule is CC[C@]12CCCC(=O)[C@H]1CC2. The number of hydrogen-bond acceptors (Lipinski definition) is 1. The van der Waals surface area contributed by atoms with E-state index in [1.165, 1.54) is 25.7 Å². The maximum absolute atomic E-state index is 11.4. The summed E-state index contributed by atoms with van der Waals surface area (Å²) in [6, 6.07) is 0. The monoisotopic (exact) mass is 152 g/mol. The minimum Gasteiger partial charge on any atom is -0.299 e. The molecular weight excluding hydrogens is 136 g/mol. The highest BCUT2D eigenvalue weighted by Gasteiger charge is 2.50. The Hall–Kier alpha value is -0.330. The molecule has 0 aliphatic heterocycles.